The number of benzene rings is 3. The zero-order valence-electron chi connectivity index (χ0n) is 26.8. The summed E-state index contributed by atoms with van der Waals surface area (Å²) >= 11 is 0. The lowest BCUT2D eigenvalue weighted by Crippen LogP contribution is -2.26. The van der Waals surface area contributed by atoms with E-state index in [2.05, 4.69) is 118 Å². The molecule has 0 amide bonds. The highest BCUT2D eigenvalue weighted by Gasteiger charge is 2.13. The van der Waals surface area contributed by atoms with Crippen LogP contribution in [-0.2, 0) is 6.54 Å². The van der Waals surface area contributed by atoms with E-state index in [4.69, 9.17) is 4.99 Å². The molecule has 3 aromatic carbocycles. The van der Waals surface area contributed by atoms with Crippen molar-refractivity contribution in [2.75, 3.05) is 0 Å². The molecule has 1 aliphatic rings. The fraction of sp³-hybridized carbons (Fsp3) is 0.220. The van der Waals surface area contributed by atoms with E-state index in [-0.39, 0.29) is 6.04 Å². The third-order valence-corrected chi connectivity index (χ3v) is 7.76. The highest BCUT2D eigenvalue weighted by atomic mass is 14.9. The van der Waals surface area contributed by atoms with Gasteiger partial charge in [-0.15, -0.1) is 0 Å². The minimum absolute atomic E-state index is 0.199. The van der Waals surface area contributed by atoms with Gasteiger partial charge in [0.25, 0.3) is 0 Å². The fourth-order valence-corrected chi connectivity index (χ4v) is 5.29. The molecule has 224 valence electrons. The standard InChI is InChI=1S/C41H45N3/c1-7-34(25-22-32(5)44-41(30(2)3)38-21-15-14-16-31(38)4)35-26-23-33(24-27-35)29-43-40(37-19-12-9-13-20-37)28-39(42-6)36-17-10-8-11-18-36/h7-14,16-20,22-28,32,44H,6,15,21,29H2,1-5H3/b25-22-,34-7+,39-28-,43-40?. The molecular weight excluding hydrogens is 534 g/mol. The molecule has 3 heteroatoms. The summed E-state index contributed by atoms with van der Waals surface area (Å²) < 4.78 is 0. The van der Waals surface area contributed by atoms with Crippen LogP contribution >= 0.6 is 0 Å². The summed E-state index contributed by atoms with van der Waals surface area (Å²) in [5, 5.41) is 3.77. The lowest BCUT2D eigenvalue weighted by Gasteiger charge is -2.23. The Hall–Kier alpha value is -4.76. The van der Waals surface area contributed by atoms with E-state index in [0.29, 0.717) is 6.54 Å². The van der Waals surface area contributed by atoms with Crippen molar-refractivity contribution in [2.24, 2.45) is 9.98 Å². The normalized spacial score (nSPS) is 15.0. The second-order valence-corrected chi connectivity index (χ2v) is 11.3. The van der Waals surface area contributed by atoms with Crippen molar-refractivity contribution in [1.82, 2.24) is 5.32 Å². The number of hydrogen-bond acceptors (Lipinski definition) is 3. The molecule has 3 aromatic rings. The second kappa shape index (κ2) is 16.2. The summed E-state index contributed by atoms with van der Waals surface area (Å²) in [7, 11) is 0. The predicted octanol–water partition coefficient (Wildman–Crippen LogP) is 10.3. The minimum Gasteiger partial charge on any atom is -0.379 e. The first-order valence-corrected chi connectivity index (χ1v) is 15.5. The molecular formula is C41H45N3. The fourth-order valence-electron chi connectivity index (χ4n) is 5.29. The first kappa shape index (κ1) is 32.2. The number of aliphatic imine (C=N–C) groups is 2. The Kier molecular flexibility index (Phi) is 11.8. The van der Waals surface area contributed by atoms with Crippen LogP contribution < -0.4 is 5.32 Å². The van der Waals surface area contributed by atoms with E-state index in [9.17, 15) is 0 Å². The Morgan fingerprint density at radius 2 is 1.57 bits per heavy atom. The monoisotopic (exact) mass is 579 g/mol. The molecule has 0 fully saturated rings. The van der Waals surface area contributed by atoms with Gasteiger partial charge in [0.2, 0.25) is 0 Å². The molecule has 1 N–H and O–H groups in total. The van der Waals surface area contributed by atoms with Crippen molar-refractivity contribution < 1.29 is 0 Å². The third kappa shape index (κ3) is 8.87. The van der Waals surface area contributed by atoms with E-state index < -0.39 is 0 Å². The molecule has 44 heavy (non-hydrogen) atoms. The summed E-state index contributed by atoms with van der Waals surface area (Å²) in [4.78, 5) is 9.33. The largest absolute Gasteiger partial charge is 0.379 e. The molecule has 0 aromatic heterocycles. The molecule has 0 bridgehead atoms. The molecule has 0 saturated carbocycles. The number of nitrogens with one attached hydrogen (secondary N) is 1. The molecule has 1 aliphatic carbocycles. The van der Waals surface area contributed by atoms with Gasteiger partial charge in [0.15, 0.2) is 0 Å². The number of nitrogens with zero attached hydrogens (tertiary/aromatic N) is 2. The Balaban J connectivity index is 1.49. The van der Waals surface area contributed by atoms with E-state index >= 15 is 0 Å². The van der Waals surface area contributed by atoms with Crippen LogP contribution in [0.4, 0.5) is 0 Å². The maximum absolute atomic E-state index is 5.02. The van der Waals surface area contributed by atoms with E-state index in [0.717, 1.165) is 40.9 Å². The van der Waals surface area contributed by atoms with Crippen LogP contribution in [0.5, 0.6) is 0 Å². The van der Waals surface area contributed by atoms with Gasteiger partial charge in [-0.1, -0.05) is 121 Å². The maximum atomic E-state index is 5.02. The quantitative estimate of drug-likeness (QED) is 0.168. The maximum Gasteiger partial charge on any atom is 0.0716 e. The third-order valence-electron chi connectivity index (χ3n) is 7.76. The molecule has 3 nitrogen and oxygen atoms in total. The van der Waals surface area contributed by atoms with Gasteiger partial charge < -0.3 is 5.32 Å². The first-order chi connectivity index (χ1) is 21.4. The average Bonchev–Trinajstić information content (AvgIpc) is 3.05. The van der Waals surface area contributed by atoms with Crippen molar-refractivity contribution in [3.63, 3.8) is 0 Å². The molecule has 1 atom stereocenters. The predicted molar refractivity (Wildman–Crippen MR) is 192 cm³/mol. The van der Waals surface area contributed by atoms with E-state index in [1.807, 2.05) is 54.6 Å². The lowest BCUT2D eigenvalue weighted by atomic mass is 9.93. The van der Waals surface area contributed by atoms with Gasteiger partial charge in [0, 0.05) is 17.3 Å². The van der Waals surface area contributed by atoms with Gasteiger partial charge in [-0.2, -0.15) is 0 Å². The van der Waals surface area contributed by atoms with Crippen molar-refractivity contribution in [3.05, 3.63) is 166 Å². The lowest BCUT2D eigenvalue weighted by molar-refractivity contribution is 0.711. The van der Waals surface area contributed by atoms with Crippen molar-refractivity contribution in [2.45, 2.75) is 60.0 Å². The highest BCUT2D eigenvalue weighted by molar-refractivity contribution is 6.12. The zero-order valence-corrected chi connectivity index (χ0v) is 26.8. The van der Waals surface area contributed by atoms with Crippen LogP contribution in [0, 0.1) is 0 Å². The molecule has 0 radical (unpaired) electrons. The molecule has 1 unspecified atom stereocenters. The van der Waals surface area contributed by atoms with Gasteiger partial charge >= 0.3 is 0 Å². The summed E-state index contributed by atoms with van der Waals surface area (Å²) in [5.41, 5.74) is 12.7. The Bertz CT molecular complexity index is 1620. The Morgan fingerprint density at radius 1 is 0.909 bits per heavy atom. The van der Waals surface area contributed by atoms with Gasteiger partial charge in [-0.3, -0.25) is 9.98 Å². The smallest absolute Gasteiger partial charge is 0.0716 e. The Morgan fingerprint density at radius 3 is 2.16 bits per heavy atom. The van der Waals surface area contributed by atoms with Crippen LogP contribution in [0.25, 0.3) is 11.3 Å². The van der Waals surface area contributed by atoms with Gasteiger partial charge in [-0.05, 0) is 93.7 Å². The van der Waals surface area contributed by atoms with Gasteiger partial charge in [0.05, 0.1) is 18.0 Å². The highest BCUT2D eigenvalue weighted by Crippen LogP contribution is 2.27. The van der Waals surface area contributed by atoms with Crippen molar-refractivity contribution in [3.8, 4) is 0 Å². The van der Waals surface area contributed by atoms with Gasteiger partial charge in [0.1, 0.15) is 0 Å². The van der Waals surface area contributed by atoms with Crippen molar-refractivity contribution >= 4 is 23.7 Å². The number of hydrogen-bond donors (Lipinski definition) is 1. The van der Waals surface area contributed by atoms with Crippen LogP contribution in [-0.4, -0.2) is 18.5 Å². The number of rotatable bonds is 12. The summed E-state index contributed by atoms with van der Waals surface area (Å²) in [6, 6.07) is 29.3. The molecule has 0 saturated heterocycles. The van der Waals surface area contributed by atoms with Crippen molar-refractivity contribution in [1.29, 1.82) is 0 Å². The second-order valence-electron chi connectivity index (χ2n) is 11.3. The Labute approximate surface area is 264 Å². The van der Waals surface area contributed by atoms with Crippen LogP contribution in [0.3, 0.4) is 0 Å². The topological polar surface area (TPSA) is 36.8 Å². The zero-order chi connectivity index (χ0) is 31.3. The summed E-state index contributed by atoms with van der Waals surface area (Å²) in [6.07, 6.45) is 15.4. The first-order valence-electron chi connectivity index (χ1n) is 15.5. The minimum atomic E-state index is 0.199. The molecule has 4 rings (SSSR count). The molecule has 0 aliphatic heterocycles. The SMILES string of the molecule is C=N/C(=C\C(=NCc1ccc(C(/C=C\C(C)NC(=C(C)C)C2=C(C)C=CCC2)=C/C)cc1)c1ccccc1)c1ccccc1. The molecule has 0 heterocycles. The van der Waals surface area contributed by atoms with E-state index in [1.54, 1.807) is 0 Å². The van der Waals surface area contributed by atoms with Crippen LogP contribution in [0.15, 0.2) is 154 Å². The molecule has 0 spiro atoms. The van der Waals surface area contributed by atoms with Crippen LogP contribution in [0.1, 0.15) is 69.7 Å². The summed E-state index contributed by atoms with van der Waals surface area (Å²) in [6.45, 7) is 15.3. The van der Waals surface area contributed by atoms with Crippen LogP contribution in [0.2, 0.25) is 0 Å². The van der Waals surface area contributed by atoms with Gasteiger partial charge in [-0.25, -0.2) is 0 Å². The summed E-state index contributed by atoms with van der Waals surface area (Å²) in [5.74, 6) is 0. The van der Waals surface area contributed by atoms with E-state index in [1.165, 1.54) is 33.6 Å². The number of allylic oxidation sites excluding steroid dienone is 9. The average molecular weight is 580 g/mol.